The lowest BCUT2D eigenvalue weighted by atomic mass is 9.86. The normalized spacial score (nSPS) is 20.8. The van der Waals surface area contributed by atoms with Gasteiger partial charge in [0.2, 0.25) is 0 Å². The molecule has 3 aromatic rings. The minimum Gasteiger partial charge on any atom is -0.396 e. The van der Waals surface area contributed by atoms with Gasteiger partial charge in [0.15, 0.2) is 0 Å². The molecule has 2 heterocycles. The quantitative estimate of drug-likeness (QED) is 0.672. The lowest BCUT2D eigenvalue weighted by Gasteiger charge is -2.27. The van der Waals surface area contributed by atoms with Gasteiger partial charge in [-0.15, -0.1) is 0 Å². The van der Waals surface area contributed by atoms with Crippen LogP contribution >= 0.6 is 0 Å². The van der Waals surface area contributed by atoms with E-state index >= 15 is 0 Å². The van der Waals surface area contributed by atoms with Gasteiger partial charge in [0.05, 0.1) is 17.1 Å². The highest BCUT2D eigenvalue weighted by atomic mass is 16.3. The van der Waals surface area contributed by atoms with E-state index in [-0.39, 0.29) is 24.1 Å². The molecule has 0 radical (unpaired) electrons. The molecule has 7 nitrogen and oxygen atoms in total. The summed E-state index contributed by atoms with van der Waals surface area (Å²) in [5.74, 6) is 0.112. The van der Waals surface area contributed by atoms with Gasteiger partial charge in [0, 0.05) is 12.6 Å². The van der Waals surface area contributed by atoms with Crippen LogP contribution in [0.2, 0.25) is 0 Å². The summed E-state index contributed by atoms with van der Waals surface area (Å²) in [7, 11) is 0. The van der Waals surface area contributed by atoms with Gasteiger partial charge in [-0.1, -0.05) is 12.1 Å². The lowest BCUT2D eigenvalue weighted by Crippen LogP contribution is -2.38. The maximum Gasteiger partial charge on any atom is 0.259 e. The molecule has 4 rings (SSSR count). The number of hydrogen-bond donors (Lipinski definition) is 3. The van der Waals surface area contributed by atoms with Crippen molar-refractivity contribution in [1.82, 2.24) is 19.9 Å². The van der Waals surface area contributed by atoms with Crippen molar-refractivity contribution in [2.24, 2.45) is 5.92 Å². The standard InChI is InChI=1S/C18H20N4O3/c23-10-11-5-7-12(8-6-11)20-18(25)14-9-19-22-15-4-2-1-3-13(15)17(24)21-16(14)22/h1-4,9,11-12,23H,5-8,10H2,(H,20,25)(H,21,24). The van der Waals surface area contributed by atoms with Gasteiger partial charge in [-0.2, -0.15) is 5.10 Å². The van der Waals surface area contributed by atoms with Crippen LogP contribution in [0, 0.1) is 5.92 Å². The van der Waals surface area contributed by atoms with Crippen molar-refractivity contribution in [1.29, 1.82) is 0 Å². The van der Waals surface area contributed by atoms with E-state index in [0.29, 0.717) is 28.0 Å². The van der Waals surface area contributed by atoms with Crippen molar-refractivity contribution in [3.05, 3.63) is 46.4 Å². The number of fused-ring (bicyclic) bond motifs is 3. The van der Waals surface area contributed by atoms with Crippen LogP contribution in [0.15, 0.2) is 35.3 Å². The van der Waals surface area contributed by atoms with Gasteiger partial charge < -0.3 is 15.4 Å². The maximum absolute atomic E-state index is 12.7. The van der Waals surface area contributed by atoms with Crippen molar-refractivity contribution >= 4 is 22.5 Å². The monoisotopic (exact) mass is 340 g/mol. The third kappa shape index (κ3) is 2.80. The van der Waals surface area contributed by atoms with E-state index in [0.717, 1.165) is 25.7 Å². The summed E-state index contributed by atoms with van der Waals surface area (Å²) >= 11 is 0. The first-order valence-electron chi connectivity index (χ1n) is 8.58. The Morgan fingerprint density at radius 3 is 2.80 bits per heavy atom. The predicted molar refractivity (Wildman–Crippen MR) is 93.6 cm³/mol. The highest BCUT2D eigenvalue weighted by Gasteiger charge is 2.24. The molecule has 2 aromatic heterocycles. The van der Waals surface area contributed by atoms with Crippen LogP contribution in [-0.2, 0) is 0 Å². The smallest absolute Gasteiger partial charge is 0.259 e. The number of aliphatic hydroxyl groups excluding tert-OH is 1. The van der Waals surface area contributed by atoms with Crippen LogP contribution in [-0.4, -0.2) is 38.3 Å². The molecule has 0 saturated heterocycles. The van der Waals surface area contributed by atoms with E-state index in [2.05, 4.69) is 15.4 Å². The highest BCUT2D eigenvalue weighted by molar-refractivity contribution is 6.00. The van der Waals surface area contributed by atoms with E-state index in [9.17, 15) is 14.7 Å². The average Bonchev–Trinajstić information content (AvgIpc) is 3.06. The van der Waals surface area contributed by atoms with Gasteiger partial charge in [-0.05, 0) is 43.7 Å². The summed E-state index contributed by atoms with van der Waals surface area (Å²) in [5.41, 5.74) is 1.21. The number of carbonyl (C=O) groups is 1. The van der Waals surface area contributed by atoms with Gasteiger partial charge in [0.1, 0.15) is 11.2 Å². The van der Waals surface area contributed by atoms with E-state index in [1.165, 1.54) is 6.20 Å². The molecule has 1 amide bonds. The Morgan fingerprint density at radius 2 is 2.04 bits per heavy atom. The number of rotatable bonds is 3. The average molecular weight is 340 g/mol. The Kier molecular flexibility index (Phi) is 4.01. The van der Waals surface area contributed by atoms with Gasteiger partial charge in [0.25, 0.3) is 11.5 Å². The number of benzene rings is 1. The zero-order valence-electron chi connectivity index (χ0n) is 13.7. The van der Waals surface area contributed by atoms with Crippen LogP contribution in [0.3, 0.4) is 0 Å². The Labute approximate surface area is 143 Å². The number of nitrogens with one attached hydrogen (secondary N) is 2. The highest BCUT2D eigenvalue weighted by Crippen LogP contribution is 2.24. The molecule has 1 fully saturated rings. The molecule has 0 atom stereocenters. The molecule has 0 unspecified atom stereocenters. The number of nitrogens with zero attached hydrogens (tertiary/aromatic N) is 2. The summed E-state index contributed by atoms with van der Waals surface area (Å²) in [6.45, 7) is 0.211. The first-order chi connectivity index (χ1) is 12.2. The fraction of sp³-hybridized carbons (Fsp3) is 0.389. The van der Waals surface area contributed by atoms with E-state index in [1.54, 1.807) is 16.6 Å². The molecule has 1 saturated carbocycles. The second-order valence-electron chi connectivity index (χ2n) is 6.66. The molecule has 1 aliphatic rings. The second kappa shape index (κ2) is 6.33. The van der Waals surface area contributed by atoms with Crippen molar-refractivity contribution in [3.8, 4) is 0 Å². The fourth-order valence-corrected chi connectivity index (χ4v) is 3.60. The number of H-pyrrole nitrogens is 1. The molecule has 1 aromatic carbocycles. The van der Waals surface area contributed by atoms with Crippen molar-refractivity contribution < 1.29 is 9.90 Å². The zero-order chi connectivity index (χ0) is 17.4. The lowest BCUT2D eigenvalue weighted by molar-refractivity contribution is 0.0915. The summed E-state index contributed by atoms with van der Waals surface area (Å²) in [5, 5.41) is 17.1. The van der Waals surface area contributed by atoms with E-state index in [1.807, 2.05) is 12.1 Å². The zero-order valence-corrected chi connectivity index (χ0v) is 13.7. The first-order valence-corrected chi connectivity index (χ1v) is 8.58. The van der Waals surface area contributed by atoms with E-state index in [4.69, 9.17) is 0 Å². The first kappa shape index (κ1) is 15.8. The SMILES string of the molecule is O=C(NC1CCC(CO)CC1)c1cnn2c1[nH]c(=O)c1ccccc12. The molecule has 7 heteroatoms. The number of hydrogen-bond acceptors (Lipinski definition) is 4. The molecule has 130 valence electrons. The summed E-state index contributed by atoms with van der Waals surface area (Å²) in [4.78, 5) is 27.7. The van der Waals surface area contributed by atoms with Gasteiger partial charge in [-0.25, -0.2) is 4.52 Å². The van der Waals surface area contributed by atoms with Crippen LogP contribution in [0.25, 0.3) is 16.6 Å². The molecule has 0 aliphatic heterocycles. The summed E-state index contributed by atoms with van der Waals surface area (Å²) < 4.78 is 1.59. The van der Waals surface area contributed by atoms with Gasteiger partial charge in [-0.3, -0.25) is 9.59 Å². The van der Waals surface area contributed by atoms with Crippen molar-refractivity contribution in [3.63, 3.8) is 0 Å². The third-order valence-electron chi connectivity index (χ3n) is 5.06. The number of amides is 1. The third-order valence-corrected chi connectivity index (χ3v) is 5.06. The Morgan fingerprint density at radius 1 is 1.28 bits per heavy atom. The molecular weight excluding hydrogens is 320 g/mol. The minimum atomic E-state index is -0.235. The number of aromatic nitrogens is 3. The van der Waals surface area contributed by atoms with Crippen LogP contribution in [0.5, 0.6) is 0 Å². The second-order valence-corrected chi connectivity index (χ2v) is 6.66. The number of para-hydroxylation sites is 1. The number of carbonyl (C=O) groups excluding carboxylic acids is 1. The van der Waals surface area contributed by atoms with Crippen LogP contribution in [0.1, 0.15) is 36.0 Å². The number of aromatic amines is 1. The van der Waals surface area contributed by atoms with Crippen LogP contribution < -0.4 is 10.9 Å². The summed E-state index contributed by atoms with van der Waals surface area (Å²) in [6.07, 6.45) is 5.03. The Hall–Kier alpha value is -2.67. The maximum atomic E-state index is 12.7. The minimum absolute atomic E-state index is 0.0948. The molecular formula is C18H20N4O3. The Balaban J connectivity index is 1.63. The van der Waals surface area contributed by atoms with Crippen molar-refractivity contribution in [2.75, 3.05) is 6.61 Å². The molecule has 0 bridgehead atoms. The Bertz CT molecular complexity index is 983. The largest absolute Gasteiger partial charge is 0.396 e. The molecule has 25 heavy (non-hydrogen) atoms. The van der Waals surface area contributed by atoms with Gasteiger partial charge >= 0.3 is 0 Å². The predicted octanol–water partition coefficient (Wildman–Crippen LogP) is 1.46. The molecule has 1 aliphatic carbocycles. The fourth-order valence-electron chi connectivity index (χ4n) is 3.60. The molecule has 3 N–H and O–H groups in total. The molecule has 0 spiro atoms. The summed E-state index contributed by atoms with van der Waals surface area (Å²) in [6, 6.07) is 7.26. The van der Waals surface area contributed by atoms with Crippen LogP contribution in [0.4, 0.5) is 0 Å². The van der Waals surface area contributed by atoms with Crippen molar-refractivity contribution in [2.45, 2.75) is 31.7 Å². The topological polar surface area (TPSA) is 99.5 Å². The number of aliphatic hydroxyl groups is 1. The van der Waals surface area contributed by atoms with E-state index < -0.39 is 0 Å².